The van der Waals surface area contributed by atoms with Gasteiger partial charge >= 0.3 is 5.97 Å². The van der Waals surface area contributed by atoms with Crippen molar-refractivity contribution >= 4 is 23.5 Å². The fraction of sp³-hybridized carbons (Fsp3) is 0.429. The summed E-state index contributed by atoms with van der Waals surface area (Å²) in [6, 6.07) is 9.18. The zero-order chi connectivity index (χ0) is 14.8. The van der Waals surface area contributed by atoms with E-state index < -0.39 is 12.0 Å². The molecule has 0 saturated heterocycles. The molecule has 0 spiro atoms. The van der Waals surface area contributed by atoms with E-state index in [1.807, 2.05) is 30.3 Å². The third kappa shape index (κ3) is 6.54. The molecule has 1 atom stereocenters. The summed E-state index contributed by atoms with van der Waals surface area (Å²) < 4.78 is 10.1. The number of halogens is 1. The second-order valence-electron chi connectivity index (χ2n) is 4.18. The Bertz CT molecular complexity index is 406. The second-order valence-corrected chi connectivity index (χ2v) is 4.45. The quantitative estimate of drug-likeness (QED) is 0.583. The Labute approximate surface area is 123 Å². The summed E-state index contributed by atoms with van der Waals surface area (Å²) in [4.78, 5) is 22.5. The molecule has 1 aromatic carbocycles. The van der Waals surface area contributed by atoms with Gasteiger partial charge in [0.15, 0.2) is 0 Å². The minimum Gasteiger partial charge on any atom is -0.469 e. The van der Waals surface area contributed by atoms with Crippen LogP contribution in [0.2, 0.25) is 0 Å². The number of alkyl halides is 1. The third-order valence-electron chi connectivity index (χ3n) is 2.56. The van der Waals surface area contributed by atoms with Crippen LogP contribution in [0.1, 0.15) is 12.0 Å². The highest BCUT2D eigenvalue weighted by Crippen LogP contribution is 2.03. The van der Waals surface area contributed by atoms with Crippen molar-refractivity contribution in [2.24, 2.45) is 0 Å². The van der Waals surface area contributed by atoms with Gasteiger partial charge in [0, 0.05) is 0 Å². The smallest absolute Gasteiger partial charge is 0.307 e. The van der Waals surface area contributed by atoms with Crippen molar-refractivity contribution in [3.05, 3.63) is 35.9 Å². The van der Waals surface area contributed by atoms with Crippen LogP contribution in [0.5, 0.6) is 0 Å². The number of benzene rings is 1. The average molecular weight is 300 g/mol. The summed E-state index contributed by atoms with van der Waals surface area (Å²) in [7, 11) is 1.30. The van der Waals surface area contributed by atoms with Crippen molar-refractivity contribution in [1.82, 2.24) is 5.32 Å². The topological polar surface area (TPSA) is 64.6 Å². The number of ether oxygens (including phenoxy) is 2. The number of methoxy groups -OCH3 is 1. The number of esters is 1. The van der Waals surface area contributed by atoms with Crippen LogP contribution in [0.3, 0.4) is 0 Å². The molecule has 110 valence electrons. The summed E-state index contributed by atoms with van der Waals surface area (Å²) >= 11 is 5.43. The minimum atomic E-state index is -0.447. The van der Waals surface area contributed by atoms with Crippen molar-refractivity contribution < 1.29 is 19.1 Å². The summed E-state index contributed by atoms with van der Waals surface area (Å²) in [5.74, 6) is -0.909. The van der Waals surface area contributed by atoms with Crippen molar-refractivity contribution in [1.29, 1.82) is 0 Å². The van der Waals surface area contributed by atoms with E-state index in [0.717, 1.165) is 5.56 Å². The van der Waals surface area contributed by atoms with E-state index in [1.165, 1.54) is 7.11 Å². The number of nitrogens with one attached hydrogen (secondary N) is 1. The molecule has 0 bridgehead atoms. The molecule has 0 aliphatic carbocycles. The van der Waals surface area contributed by atoms with Gasteiger partial charge in [-0.05, 0) is 5.56 Å². The molecule has 6 heteroatoms. The van der Waals surface area contributed by atoms with Crippen LogP contribution in [0.25, 0.3) is 0 Å². The number of hydrogen-bond donors (Lipinski definition) is 1. The lowest BCUT2D eigenvalue weighted by Gasteiger charge is -2.17. The van der Waals surface area contributed by atoms with E-state index >= 15 is 0 Å². The number of amides is 1. The van der Waals surface area contributed by atoms with Gasteiger partial charge in [0.05, 0.1) is 32.8 Å². The Morgan fingerprint density at radius 2 is 2.00 bits per heavy atom. The molecule has 0 heterocycles. The van der Waals surface area contributed by atoms with Crippen LogP contribution in [0.4, 0.5) is 0 Å². The van der Waals surface area contributed by atoms with Gasteiger partial charge < -0.3 is 14.8 Å². The zero-order valence-electron chi connectivity index (χ0n) is 11.3. The van der Waals surface area contributed by atoms with Gasteiger partial charge in [-0.2, -0.15) is 0 Å². The normalized spacial score (nSPS) is 11.7. The first-order chi connectivity index (χ1) is 9.65. The number of hydrogen-bond acceptors (Lipinski definition) is 4. The molecule has 1 rings (SSSR count). The Kier molecular flexibility index (Phi) is 7.69. The Morgan fingerprint density at radius 1 is 1.30 bits per heavy atom. The van der Waals surface area contributed by atoms with E-state index in [-0.39, 0.29) is 24.8 Å². The van der Waals surface area contributed by atoms with E-state index in [1.54, 1.807) is 0 Å². The molecular formula is C14H18ClNO4. The summed E-state index contributed by atoms with van der Waals surface area (Å²) in [6.45, 7) is 0.627. The molecular weight excluding hydrogens is 282 g/mol. The standard InChI is InChI=1S/C14H18ClNO4/c1-19-14(18)7-12(16-13(17)8-15)10-20-9-11-5-3-2-4-6-11/h2-6,12H,7-10H2,1H3,(H,16,17)/t12-/m1/s1. The van der Waals surface area contributed by atoms with Gasteiger partial charge in [-0.25, -0.2) is 0 Å². The molecule has 0 saturated carbocycles. The first-order valence-electron chi connectivity index (χ1n) is 6.19. The third-order valence-corrected chi connectivity index (χ3v) is 2.80. The van der Waals surface area contributed by atoms with Gasteiger partial charge in [0.1, 0.15) is 5.88 Å². The predicted molar refractivity (Wildman–Crippen MR) is 75.4 cm³/mol. The van der Waals surface area contributed by atoms with Crippen LogP contribution in [-0.4, -0.2) is 37.5 Å². The Morgan fingerprint density at radius 3 is 2.60 bits per heavy atom. The summed E-state index contributed by atoms with van der Waals surface area (Å²) in [6.07, 6.45) is 0.0495. The van der Waals surface area contributed by atoms with Crippen molar-refractivity contribution in [3.63, 3.8) is 0 Å². The predicted octanol–water partition coefficient (Wildman–Crippen LogP) is 1.49. The van der Waals surface area contributed by atoms with Crippen molar-refractivity contribution in [3.8, 4) is 0 Å². The van der Waals surface area contributed by atoms with E-state index in [2.05, 4.69) is 10.1 Å². The van der Waals surface area contributed by atoms with Crippen LogP contribution < -0.4 is 5.32 Å². The maximum absolute atomic E-state index is 11.3. The molecule has 5 nitrogen and oxygen atoms in total. The molecule has 20 heavy (non-hydrogen) atoms. The average Bonchev–Trinajstić information content (AvgIpc) is 2.47. The first kappa shape index (κ1) is 16.5. The van der Waals surface area contributed by atoms with Gasteiger partial charge in [-0.15, -0.1) is 11.6 Å². The van der Waals surface area contributed by atoms with Gasteiger partial charge in [-0.3, -0.25) is 9.59 Å². The molecule has 1 amide bonds. The summed E-state index contributed by atoms with van der Waals surface area (Å²) in [5, 5.41) is 2.62. The molecule has 0 radical (unpaired) electrons. The van der Waals surface area contributed by atoms with Crippen LogP contribution >= 0.6 is 11.6 Å². The lowest BCUT2D eigenvalue weighted by Crippen LogP contribution is -2.40. The molecule has 0 fully saturated rings. The van der Waals surface area contributed by atoms with Crippen molar-refractivity contribution in [2.45, 2.75) is 19.1 Å². The van der Waals surface area contributed by atoms with Crippen LogP contribution in [0, 0.1) is 0 Å². The lowest BCUT2D eigenvalue weighted by atomic mass is 10.2. The maximum Gasteiger partial charge on any atom is 0.307 e. The molecule has 1 aromatic rings. The van der Waals surface area contributed by atoms with Gasteiger partial charge in [0.25, 0.3) is 0 Å². The first-order valence-corrected chi connectivity index (χ1v) is 6.73. The Hall–Kier alpha value is -1.59. The molecule has 1 N–H and O–H groups in total. The van der Waals surface area contributed by atoms with E-state index in [9.17, 15) is 9.59 Å². The van der Waals surface area contributed by atoms with E-state index in [4.69, 9.17) is 16.3 Å². The highest BCUT2D eigenvalue weighted by molar-refractivity contribution is 6.27. The fourth-order valence-electron chi connectivity index (χ4n) is 1.60. The highest BCUT2D eigenvalue weighted by atomic mass is 35.5. The highest BCUT2D eigenvalue weighted by Gasteiger charge is 2.16. The van der Waals surface area contributed by atoms with E-state index in [0.29, 0.717) is 6.61 Å². The SMILES string of the molecule is COC(=O)C[C@H](COCc1ccccc1)NC(=O)CCl. The number of carbonyl (C=O) groups excluding carboxylic acids is 2. The van der Waals surface area contributed by atoms with Gasteiger partial charge in [0.2, 0.25) is 5.91 Å². The largest absolute Gasteiger partial charge is 0.469 e. The lowest BCUT2D eigenvalue weighted by molar-refractivity contribution is -0.141. The number of rotatable bonds is 8. The van der Waals surface area contributed by atoms with Crippen LogP contribution in [0.15, 0.2) is 30.3 Å². The Balaban J connectivity index is 2.42. The second kappa shape index (κ2) is 9.34. The van der Waals surface area contributed by atoms with Crippen molar-refractivity contribution in [2.75, 3.05) is 19.6 Å². The molecule has 0 unspecified atom stereocenters. The monoisotopic (exact) mass is 299 g/mol. The summed E-state index contributed by atoms with van der Waals surface area (Å²) in [5.41, 5.74) is 1.02. The minimum absolute atomic E-state index is 0.0495. The number of carbonyl (C=O) groups is 2. The molecule has 0 aliphatic heterocycles. The zero-order valence-corrected chi connectivity index (χ0v) is 12.1. The molecule has 0 aliphatic rings. The fourth-order valence-corrected chi connectivity index (χ4v) is 1.67. The van der Waals surface area contributed by atoms with Crippen LogP contribution in [-0.2, 0) is 25.7 Å². The molecule has 0 aromatic heterocycles. The van der Waals surface area contributed by atoms with Gasteiger partial charge in [-0.1, -0.05) is 30.3 Å². The maximum atomic E-state index is 11.3.